The van der Waals surface area contributed by atoms with Gasteiger partial charge in [0.1, 0.15) is 11.1 Å². The van der Waals surface area contributed by atoms with Crippen LogP contribution in [0.1, 0.15) is 61.3 Å². The van der Waals surface area contributed by atoms with Crippen LogP contribution in [0.5, 0.6) is 0 Å². The van der Waals surface area contributed by atoms with Crippen LogP contribution >= 0.6 is 11.3 Å². The van der Waals surface area contributed by atoms with Crippen molar-refractivity contribution in [2.24, 2.45) is 0 Å². The van der Waals surface area contributed by atoms with Crippen LogP contribution in [0.15, 0.2) is 9.90 Å². The second-order valence-corrected chi connectivity index (χ2v) is 6.46. The highest BCUT2D eigenvalue weighted by molar-refractivity contribution is 7.09. The van der Waals surface area contributed by atoms with Crippen LogP contribution in [0.25, 0.3) is 0 Å². The van der Waals surface area contributed by atoms with Crippen molar-refractivity contribution in [3.8, 4) is 0 Å². The Morgan fingerprint density at radius 3 is 3.09 bits per heavy atom. The average Bonchev–Trinajstić information content (AvgIpc) is 3.20. The molecule has 2 aromatic heterocycles. The zero-order valence-electron chi connectivity index (χ0n) is 13.3. The first-order valence-corrected chi connectivity index (χ1v) is 8.65. The molecule has 2 aromatic rings. The highest BCUT2D eigenvalue weighted by atomic mass is 32.1. The summed E-state index contributed by atoms with van der Waals surface area (Å²) >= 11 is 1.67. The van der Waals surface area contributed by atoms with E-state index in [2.05, 4.69) is 20.4 Å². The third-order valence-electron chi connectivity index (χ3n) is 3.90. The molecule has 0 amide bonds. The Morgan fingerprint density at radius 2 is 2.36 bits per heavy atom. The minimum atomic E-state index is 0.0676. The predicted octanol–water partition coefficient (Wildman–Crippen LogP) is 3.27. The van der Waals surface area contributed by atoms with Gasteiger partial charge in [0.15, 0.2) is 5.82 Å². The van der Waals surface area contributed by atoms with E-state index in [4.69, 9.17) is 14.2 Å². The first kappa shape index (κ1) is 15.6. The van der Waals surface area contributed by atoms with Gasteiger partial charge >= 0.3 is 0 Å². The predicted molar refractivity (Wildman–Crippen MR) is 83.6 cm³/mol. The molecule has 0 bridgehead atoms. The van der Waals surface area contributed by atoms with Crippen LogP contribution in [-0.4, -0.2) is 33.2 Å². The zero-order valence-corrected chi connectivity index (χ0v) is 14.1. The van der Waals surface area contributed by atoms with Gasteiger partial charge < -0.3 is 9.26 Å². The lowest BCUT2D eigenvalue weighted by molar-refractivity contribution is 0.0760. The van der Waals surface area contributed by atoms with E-state index in [9.17, 15) is 0 Å². The molecule has 0 aliphatic carbocycles. The maximum absolute atomic E-state index is 5.61. The number of aryl methyl sites for hydroxylation is 1. The number of aromatic nitrogens is 3. The van der Waals surface area contributed by atoms with E-state index in [1.807, 2.05) is 20.8 Å². The van der Waals surface area contributed by atoms with Crippen molar-refractivity contribution in [2.75, 3.05) is 13.2 Å². The Balaban J connectivity index is 1.67. The average molecular weight is 322 g/mol. The van der Waals surface area contributed by atoms with E-state index < -0.39 is 0 Å². The molecule has 6 nitrogen and oxygen atoms in total. The van der Waals surface area contributed by atoms with Crippen molar-refractivity contribution < 1.29 is 9.26 Å². The molecule has 1 aliphatic heterocycles. The van der Waals surface area contributed by atoms with Gasteiger partial charge in [-0.3, -0.25) is 4.90 Å². The molecule has 2 atom stereocenters. The number of rotatable bonds is 6. The summed E-state index contributed by atoms with van der Waals surface area (Å²) in [6.45, 7) is 8.47. The van der Waals surface area contributed by atoms with Gasteiger partial charge in [-0.25, -0.2) is 4.98 Å². The highest BCUT2D eigenvalue weighted by Gasteiger charge is 2.30. The first-order chi connectivity index (χ1) is 10.7. The second kappa shape index (κ2) is 6.85. The number of hydrogen-bond acceptors (Lipinski definition) is 7. The van der Waals surface area contributed by atoms with Crippen molar-refractivity contribution in [1.82, 2.24) is 20.0 Å². The number of nitrogens with zero attached hydrogens (tertiary/aromatic N) is 4. The Kier molecular flexibility index (Phi) is 4.85. The van der Waals surface area contributed by atoms with Gasteiger partial charge in [0.05, 0.1) is 11.7 Å². The molecule has 22 heavy (non-hydrogen) atoms. The molecule has 3 heterocycles. The lowest BCUT2D eigenvalue weighted by Gasteiger charge is -2.20. The van der Waals surface area contributed by atoms with Gasteiger partial charge in [0.25, 0.3) is 0 Å². The standard InChI is InChI=1S/C15H22N4O2S/c1-4-20-10(2)15-17-12(9-22-15)8-19-7-5-6-13(19)14-16-11(3)21-18-14/h9-10,13H,4-8H2,1-3H3. The van der Waals surface area contributed by atoms with E-state index in [1.54, 1.807) is 11.3 Å². The van der Waals surface area contributed by atoms with E-state index in [0.717, 1.165) is 42.5 Å². The maximum Gasteiger partial charge on any atom is 0.223 e. The Labute approximate surface area is 134 Å². The van der Waals surface area contributed by atoms with Crippen LogP contribution < -0.4 is 0 Å². The van der Waals surface area contributed by atoms with E-state index >= 15 is 0 Å². The normalized spacial score (nSPS) is 20.6. The monoisotopic (exact) mass is 322 g/mol. The van der Waals surface area contributed by atoms with E-state index in [0.29, 0.717) is 12.5 Å². The molecule has 0 spiro atoms. The van der Waals surface area contributed by atoms with Gasteiger partial charge in [-0.15, -0.1) is 11.3 Å². The molecule has 0 aromatic carbocycles. The van der Waals surface area contributed by atoms with Gasteiger partial charge in [0.2, 0.25) is 5.89 Å². The summed E-state index contributed by atoms with van der Waals surface area (Å²) < 4.78 is 10.7. The summed E-state index contributed by atoms with van der Waals surface area (Å²) in [5.41, 5.74) is 1.10. The summed E-state index contributed by atoms with van der Waals surface area (Å²) in [5, 5.41) is 7.25. The molecule has 0 N–H and O–H groups in total. The largest absolute Gasteiger partial charge is 0.372 e. The zero-order chi connectivity index (χ0) is 15.5. The fourth-order valence-electron chi connectivity index (χ4n) is 2.87. The quantitative estimate of drug-likeness (QED) is 0.813. The molecule has 0 saturated carbocycles. The van der Waals surface area contributed by atoms with Crippen molar-refractivity contribution in [3.05, 3.63) is 27.8 Å². The molecule has 7 heteroatoms. The van der Waals surface area contributed by atoms with Gasteiger partial charge in [0, 0.05) is 25.5 Å². The molecular formula is C15H22N4O2S. The smallest absolute Gasteiger partial charge is 0.223 e. The molecule has 2 unspecified atom stereocenters. The van der Waals surface area contributed by atoms with Crippen LogP contribution in [-0.2, 0) is 11.3 Å². The van der Waals surface area contributed by atoms with Crippen molar-refractivity contribution in [2.45, 2.75) is 52.3 Å². The number of hydrogen-bond donors (Lipinski definition) is 0. The third kappa shape index (κ3) is 3.37. The van der Waals surface area contributed by atoms with Crippen molar-refractivity contribution in [1.29, 1.82) is 0 Å². The third-order valence-corrected chi connectivity index (χ3v) is 4.96. The van der Waals surface area contributed by atoms with Crippen LogP contribution in [0.3, 0.4) is 0 Å². The second-order valence-electron chi connectivity index (χ2n) is 5.57. The lowest BCUT2D eigenvalue weighted by Crippen LogP contribution is -2.23. The molecule has 0 radical (unpaired) electrons. The highest BCUT2D eigenvalue weighted by Crippen LogP contribution is 2.32. The lowest BCUT2D eigenvalue weighted by atomic mass is 10.2. The van der Waals surface area contributed by atoms with Crippen LogP contribution in [0.4, 0.5) is 0 Å². The summed E-state index contributed by atoms with van der Waals surface area (Å²) in [6.07, 6.45) is 2.30. The van der Waals surface area contributed by atoms with E-state index in [1.165, 1.54) is 0 Å². The fourth-order valence-corrected chi connectivity index (χ4v) is 3.68. The molecular weight excluding hydrogens is 300 g/mol. The Hall–Kier alpha value is -1.31. The van der Waals surface area contributed by atoms with Gasteiger partial charge in [-0.05, 0) is 33.2 Å². The van der Waals surface area contributed by atoms with Crippen molar-refractivity contribution >= 4 is 11.3 Å². The molecule has 1 aliphatic rings. The molecule has 1 saturated heterocycles. The van der Waals surface area contributed by atoms with Crippen LogP contribution in [0.2, 0.25) is 0 Å². The SMILES string of the molecule is CCOC(C)c1nc(CN2CCCC2c2noc(C)n2)cs1. The van der Waals surface area contributed by atoms with Gasteiger partial charge in [-0.2, -0.15) is 4.98 Å². The Morgan fingerprint density at radius 1 is 1.50 bits per heavy atom. The topological polar surface area (TPSA) is 64.3 Å². The fraction of sp³-hybridized carbons (Fsp3) is 0.667. The summed E-state index contributed by atoms with van der Waals surface area (Å²) in [7, 11) is 0. The summed E-state index contributed by atoms with van der Waals surface area (Å²) in [6, 6.07) is 0.243. The molecule has 1 fully saturated rings. The summed E-state index contributed by atoms with van der Waals surface area (Å²) in [4.78, 5) is 11.5. The minimum absolute atomic E-state index is 0.0676. The Bertz CT molecular complexity index is 612. The number of thiazole rings is 1. The number of ether oxygens (including phenoxy) is 1. The maximum atomic E-state index is 5.61. The first-order valence-electron chi connectivity index (χ1n) is 7.77. The van der Waals surface area contributed by atoms with Crippen LogP contribution in [0, 0.1) is 6.92 Å². The molecule has 3 rings (SSSR count). The van der Waals surface area contributed by atoms with Gasteiger partial charge in [-0.1, -0.05) is 5.16 Å². The summed E-state index contributed by atoms with van der Waals surface area (Å²) in [5.74, 6) is 1.43. The molecule has 120 valence electrons. The van der Waals surface area contributed by atoms with E-state index in [-0.39, 0.29) is 12.1 Å². The van der Waals surface area contributed by atoms with Crippen molar-refractivity contribution in [3.63, 3.8) is 0 Å². The number of likely N-dealkylation sites (tertiary alicyclic amines) is 1. The minimum Gasteiger partial charge on any atom is -0.372 e.